The van der Waals surface area contributed by atoms with Gasteiger partial charge in [-0.05, 0) is 38.1 Å². The number of aromatic nitrogens is 1. The number of carbonyl (C=O) groups is 1. The number of nitrogens with one attached hydrogen (secondary N) is 1. The molecule has 0 aliphatic heterocycles. The van der Waals surface area contributed by atoms with Gasteiger partial charge in [0, 0.05) is 28.7 Å². The zero-order valence-corrected chi connectivity index (χ0v) is 15.5. The summed E-state index contributed by atoms with van der Waals surface area (Å²) in [6.07, 6.45) is 1.63. The molecule has 0 fully saturated rings. The summed E-state index contributed by atoms with van der Waals surface area (Å²) in [5.41, 5.74) is 3.17. The molecule has 5 nitrogen and oxygen atoms in total. The minimum Gasteiger partial charge on any atom is -0.455 e. The molecule has 0 aliphatic carbocycles. The lowest BCUT2D eigenvalue weighted by molar-refractivity contribution is 0.102. The molecule has 5 heteroatoms. The SMILES string of the molecule is Cc1cc(NC(=O)c2cccc3c(=O)c(C)c(-c4ccccc4)oc23)ccn1. The van der Waals surface area contributed by atoms with Crippen LogP contribution in [0.15, 0.2) is 76.1 Å². The Kier molecular flexibility index (Phi) is 4.49. The first-order chi connectivity index (χ1) is 13.5. The molecular weight excluding hydrogens is 352 g/mol. The summed E-state index contributed by atoms with van der Waals surface area (Å²) < 4.78 is 6.10. The van der Waals surface area contributed by atoms with Crippen molar-refractivity contribution >= 4 is 22.6 Å². The second kappa shape index (κ2) is 7.12. The lowest BCUT2D eigenvalue weighted by atomic mass is 10.0. The zero-order chi connectivity index (χ0) is 19.7. The molecule has 4 aromatic rings. The second-order valence-electron chi connectivity index (χ2n) is 6.57. The summed E-state index contributed by atoms with van der Waals surface area (Å²) in [6, 6.07) is 17.9. The van der Waals surface area contributed by atoms with Crippen molar-refractivity contribution in [3.63, 3.8) is 0 Å². The average Bonchev–Trinajstić information content (AvgIpc) is 2.71. The quantitative estimate of drug-likeness (QED) is 0.566. The summed E-state index contributed by atoms with van der Waals surface area (Å²) in [4.78, 5) is 29.9. The van der Waals surface area contributed by atoms with Gasteiger partial charge in [0.2, 0.25) is 0 Å². The maximum atomic E-state index is 12.9. The number of pyridine rings is 1. The molecule has 2 aromatic heterocycles. The number of benzene rings is 2. The molecule has 0 aliphatic rings. The molecule has 138 valence electrons. The molecule has 0 bridgehead atoms. The van der Waals surface area contributed by atoms with Gasteiger partial charge in [-0.3, -0.25) is 14.6 Å². The average molecular weight is 370 g/mol. The number of nitrogens with zero attached hydrogens (tertiary/aromatic N) is 1. The van der Waals surface area contributed by atoms with Crippen LogP contribution in [0, 0.1) is 13.8 Å². The van der Waals surface area contributed by atoms with E-state index in [4.69, 9.17) is 4.42 Å². The number of amides is 1. The Hall–Kier alpha value is -3.73. The first-order valence-corrected chi connectivity index (χ1v) is 8.90. The molecule has 2 heterocycles. The van der Waals surface area contributed by atoms with E-state index < -0.39 is 0 Å². The Morgan fingerprint density at radius 3 is 2.54 bits per heavy atom. The third-order valence-corrected chi connectivity index (χ3v) is 4.58. The molecule has 4 rings (SSSR count). The predicted molar refractivity (Wildman–Crippen MR) is 110 cm³/mol. The van der Waals surface area contributed by atoms with Crippen molar-refractivity contribution in [1.29, 1.82) is 0 Å². The van der Waals surface area contributed by atoms with Crippen molar-refractivity contribution in [2.75, 3.05) is 5.32 Å². The van der Waals surface area contributed by atoms with Crippen LogP contribution in [0.2, 0.25) is 0 Å². The number of anilines is 1. The Morgan fingerprint density at radius 1 is 1.00 bits per heavy atom. The highest BCUT2D eigenvalue weighted by Crippen LogP contribution is 2.27. The Labute approximate surface area is 161 Å². The lowest BCUT2D eigenvalue weighted by Gasteiger charge is -2.11. The smallest absolute Gasteiger partial charge is 0.259 e. The van der Waals surface area contributed by atoms with Crippen molar-refractivity contribution in [2.24, 2.45) is 0 Å². The van der Waals surface area contributed by atoms with E-state index in [0.29, 0.717) is 28.0 Å². The summed E-state index contributed by atoms with van der Waals surface area (Å²) in [6.45, 7) is 3.58. The maximum Gasteiger partial charge on any atom is 0.259 e. The molecule has 1 amide bonds. The van der Waals surface area contributed by atoms with Crippen molar-refractivity contribution in [3.8, 4) is 11.3 Å². The van der Waals surface area contributed by atoms with Crippen LogP contribution in [-0.2, 0) is 0 Å². The largest absolute Gasteiger partial charge is 0.455 e. The first-order valence-electron chi connectivity index (χ1n) is 8.90. The van der Waals surface area contributed by atoms with Crippen molar-refractivity contribution < 1.29 is 9.21 Å². The standard InChI is InChI=1S/C23H18N2O3/c1-14-13-17(11-12-24-14)25-23(27)19-10-6-9-18-20(26)15(2)21(28-22(18)19)16-7-4-3-5-8-16/h3-13H,1-2H3,(H,24,25,27). The number of fused-ring (bicyclic) bond motifs is 1. The molecule has 2 aromatic carbocycles. The van der Waals surface area contributed by atoms with Crippen LogP contribution in [0.5, 0.6) is 0 Å². The van der Waals surface area contributed by atoms with Crippen LogP contribution >= 0.6 is 0 Å². The number of carbonyl (C=O) groups excluding carboxylic acids is 1. The fourth-order valence-corrected chi connectivity index (χ4v) is 3.18. The highest BCUT2D eigenvalue weighted by Gasteiger charge is 2.18. The monoisotopic (exact) mass is 370 g/mol. The topological polar surface area (TPSA) is 72.2 Å². The second-order valence-corrected chi connectivity index (χ2v) is 6.57. The van der Waals surface area contributed by atoms with E-state index in [-0.39, 0.29) is 16.9 Å². The van der Waals surface area contributed by atoms with E-state index >= 15 is 0 Å². The summed E-state index contributed by atoms with van der Waals surface area (Å²) in [5, 5.41) is 3.23. The number of hydrogen-bond donors (Lipinski definition) is 1. The fourth-order valence-electron chi connectivity index (χ4n) is 3.18. The van der Waals surface area contributed by atoms with Crippen molar-refractivity contribution in [2.45, 2.75) is 13.8 Å². The van der Waals surface area contributed by atoms with Gasteiger partial charge in [-0.15, -0.1) is 0 Å². The molecule has 0 atom stereocenters. The Balaban J connectivity index is 1.86. The predicted octanol–water partition coefficient (Wildman–Crippen LogP) is 4.72. The van der Waals surface area contributed by atoms with Gasteiger partial charge in [-0.25, -0.2) is 0 Å². The number of para-hydroxylation sites is 1. The first kappa shape index (κ1) is 17.7. The van der Waals surface area contributed by atoms with Crippen molar-refractivity contribution in [3.05, 3.63) is 93.9 Å². The van der Waals surface area contributed by atoms with Gasteiger partial charge in [-0.1, -0.05) is 36.4 Å². The molecule has 0 radical (unpaired) electrons. The molecule has 28 heavy (non-hydrogen) atoms. The van der Waals surface area contributed by atoms with Crippen LogP contribution in [0.4, 0.5) is 5.69 Å². The highest BCUT2D eigenvalue weighted by atomic mass is 16.3. The third kappa shape index (κ3) is 3.18. The van der Waals surface area contributed by atoms with E-state index in [2.05, 4.69) is 10.3 Å². The number of rotatable bonds is 3. The van der Waals surface area contributed by atoms with Crippen molar-refractivity contribution in [1.82, 2.24) is 4.98 Å². The van der Waals surface area contributed by atoms with Gasteiger partial charge in [0.25, 0.3) is 5.91 Å². The van der Waals surface area contributed by atoms with Crippen LogP contribution in [0.25, 0.3) is 22.3 Å². The minimum atomic E-state index is -0.345. The number of hydrogen-bond acceptors (Lipinski definition) is 4. The van der Waals surface area contributed by atoms with E-state index in [1.165, 1.54) is 0 Å². The molecule has 1 N–H and O–H groups in total. The molecule has 0 saturated carbocycles. The zero-order valence-electron chi connectivity index (χ0n) is 15.5. The minimum absolute atomic E-state index is 0.144. The number of aryl methyl sites for hydroxylation is 1. The van der Waals surface area contributed by atoms with Gasteiger partial charge < -0.3 is 9.73 Å². The van der Waals surface area contributed by atoms with Crippen LogP contribution in [0.1, 0.15) is 21.6 Å². The normalized spacial score (nSPS) is 10.8. The Bertz CT molecular complexity index is 1240. The van der Waals surface area contributed by atoms with Crippen LogP contribution in [-0.4, -0.2) is 10.9 Å². The van der Waals surface area contributed by atoms with E-state index in [1.807, 2.05) is 37.3 Å². The summed E-state index contributed by atoms with van der Waals surface area (Å²) in [7, 11) is 0. The summed E-state index contributed by atoms with van der Waals surface area (Å²) in [5.74, 6) is 0.125. The third-order valence-electron chi connectivity index (χ3n) is 4.58. The highest BCUT2D eigenvalue weighted by molar-refractivity contribution is 6.11. The van der Waals surface area contributed by atoms with Gasteiger partial charge in [0.15, 0.2) is 11.0 Å². The van der Waals surface area contributed by atoms with E-state index in [1.54, 1.807) is 43.5 Å². The molecular formula is C23H18N2O3. The Morgan fingerprint density at radius 2 is 1.79 bits per heavy atom. The molecule has 0 spiro atoms. The fraction of sp³-hybridized carbons (Fsp3) is 0.0870. The molecule has 0 unspecified atom stereocenters. The van der Waals surface area contributed by atoms with E-state index in [0.717, 1.165) is 11.3 Å². The maximum absolute atomic E-state index is 12.9. The van der Waals surface area contributed by atoms with E-state index in [9.17, 15) is 9.59 Å². The van der Waals surface area contributed by atoms with Gasteiger partial charge in [-0.2, -0.15) is 0 Å². The van der Waals surface area contributed by atoms with Gasteiger partial charge >= 0.3 is 0 Å². The van der Waals surface area contributed by atoms with Crippen LogP contribution in [0.3, 0.4) is 0 Å². The summed E-state index contributed by atoms with van der Waals surface area (Å²) >= 11 is 0. The molecule has 0 saturated heterocycles. The lowest BCUT2D eigenvalue weighted by Crippen LogP contribution is -2.15. The van der Waals surface area contributed by atoms with Gasteiger partial charge in [0.1, 0.15) is 5.76 Å². The van der Waals surface area contributed by atoms with Crippen LogP contribution < -0.4 is 10.7 Å². The van der Waals surface area contributed by atoms with Gasteiger partial charge in [0.05, 0.1) is 10.9 Å².